The molecule has 0 bridgehead atoms. The Morgan fingerprint density at radius 3 is 2.86 bits per heavy atom. The van der Waals surface area contributed by atoms with Gasteiger partial charge < -0.3 is 15.9 Å². The summed E-state index contributed by atoms with van der Waals surface area (Å²) in [6.07, 6.45) is 7.62. The number of nitrogens with zero attached hydrogens (tertiary/aromatic N) is 3. The SMILES string of the molecule is NCCCC1CC1c1cn(-c2nccs2)cn1.O=C(O)O. The monoisotopic (exact) mass is 310 g/mol. The number of hydrogen-bond donors (Lipinski definition) is 3. The van der Waals surface area contributed by atoms with Crippen LogP contribution in [0.25, 0.3) is 5.13 Å². The average molecular weight is 310 g/mol. The van der Waals surface area contributed by atoms with Crippen molar-refractivity contribution < 1.29 is 15.0 Å². The topological polar surface area (TPSA) is 114 Å². The molecule has 2 heterocycles. The van der Waals surface area contributed by atoms with Gasteiger partial charge in [0.15, 0.2) is 5.13 Å². The normalized spacial score (nSPS) is 19.7. The Balaban J connectivity index is 0.000000361. The molecule has 2 aromatic heterocycles. The summed E-state index contributed by atoms with van der Waals surface area (Å²) in [4.78, 5) is 17.3. The van der Waals surface area contributed by atoms with Crippen LogP contribution in [0.4, 0.5) is 4.79 Å². The molecule has 114 valence electrons. The maximum Gasteiger partial charge on any atom is 0.503 e. The first-order valence-corrected chi connectivity index (χ1v) is 7.55. The third-order valence-electron chi connectivity index (χ3n) is 3.32. The summed E-state index contributed by atoms with van der Waals surface area (Å²) in [5.74, 6) is 1.46. The number of hydrogen-bond acceptors (Lipinski definition) is 5. The third kappa shape index (κ3) is 4.54. The molecular formula is C13H18N4O3S. The van der Waals surface area contributed by atoms with Crippen LogP contribution in [0.15, 0.2) is 24.1 Å². The minimum Gasteiger partial charge on any atom is -0.450 e. The second kappa shape index (κ2) is 7.19. The maximum absolute atomic E-state index is 8.56. The minimum absolute atomic E-state index is 0.655. The van der Waals surface area contributed by atoms with E-state index in [0.717, 1.165) is 24.0 Å². The highest BCUT2D eigenvalue weighted by molar-refractivity contribution is 7.12. The minimum atomic E-state index is -1.83. The van der Waals surface area contributed by atoms with Crippen molar-refractivity contribution in [2.75, 3.05) is 6.54 Å². The molecule has 4 N–H and O–H groups in total. The molecule has 2 aromatic rings. The van der Waals surface area contributed by atoms with Gasteiger partial charge in [-0.2, -0.15) is 0 Å². The van der Waals surface area contributed by atoms with Gasteiger partial charge in [-0.15, -0.1) is 11.3 Å². The van der Waals surface area contributed by atoms with Gasteiger partial charge in [0.05, 0.1) is 5.69 Å². The van der Waals surface area contributed by atoms with Crippen LogP contribution in [0.3, 0.4) is 0 Å². The number of thiazole rings is 1. The molecule has 7 nitrogen and oxygen atoms in total. The zero-order valence-electron chi connectivity index (χ0n) is 11.4. The Labute approximate surface area is 126 Å². The van der Waals surface area contributed by atoms with Gasteiger partial charge in [-0.25, -0.2) is 14.8 Å². The van der Waals surface area contributed by atoms with Gasteiger partial charge in [0, 0.05) is 23.7 Å². The second-order valence-corrected chi connectivity index (χ2v) is 5.71. The van der Waals surface area contributed by atoms with E-state index < -0.39 is 6.16 Å². The van der Waals surface area contributed by atoms with Crippen molar-refractivity contribution in [3.8, 4) is 5.13 Å². The Kier molecular flexibility index (Phi) is 5.29. The molecule has 2 atom stereocenters. The Morgan fingerprint density at radius 1 is 1.48 bits per heavy atom. The van der Waals surface area contributed by atoms with Crippen molar-refractivity contribution in [2.45, 2.75) is 25.2 Å². The summed E-state index contributed by atoms with van der Waals surface area (Å²) in [5, 5.41) is 16.9. The van der Waals surface area contributed by atoms with Gasteiger partial charge in [0.2, 0.25) is 0 Å². The summed E-state index contributed by atoms with van der Waals surface area (Å²) in [7, 11) is 0. The van der Waals surface area contributed by atoms with E-state index >= 15 is 0 Å². The first-order valence-electron chi connectivity index (χ1n) is 6.67. The van der Waals surface area contributed by atoms with Crippen molar-refractivity contribution in [2.24, 2.45) is 11.7 Å². The second-order valence-electron chi connectivity index (χ2n) is 4.84. The van der Waals surface area contributed by atoms with Crippen molar-refractivity contribution in [1.29, 1.82) is 0 Å². The molecule has 1 saturated carbocycles. The molecule has 0 aliphatic heterocycles. The third-order valence-corrected chi connectivity index (χ3v) is 4.11. The largest absolute Gasteiger partial charge is 0.503 e. The molecule has 0 spiro atoms. The predicted octanol–water partition coefficient (Wildman–Crippen LogP) is 2.39. The zero-order chi connectivity index (χ0) is 15.2. The molecule has 1 aliphatic carbocycles. The van der Waals surface area contributed by atoms with Crippen LogP contribution in [-0.2, 0) is 0 Å². The van der Waals surface area contributed by atoms with Gasteiger partial charge in [0.1, 0.15) is 6.33 Å². The van der Waals surface area contributed by atoms with Crippen LogP contribution < -0.4 is 5.73 Å². The molecule has 0 saturated heterocycles. The number of carboxylic acid groups (broad SMARTS) is 2. The molecule has 0 amide bonds. The van der Waals surface area contributed by atoms with Gasteiger partial charge in [0.25, 0.3) is 0 Å². The van der Waals surface area contributed by atoms with E-state index in [4.69, 9.17) is 20.7 Å². The van der Waals surface area contributed by atoms with Crippen LogP contribution in [-0.4, -0.2) is 37.4 Å². The lowest BCUT2D eigenvalue weighted by atomic mass is 10.1. The highest BCUT2D eigenvalue weighted by atomic mass is 32.1. The molecule has 1 aliphatic rings. The average Bonchev–Trinajstić information content (AvgIpc) is 2.86. The lowest BCUT2D eigenvalue weighted by Gasteiger charge is -1.95. The molecule has 1 fully saturated rings. The van der Waals surface area contributed by atoms with E-state index in [2.05, 4.69) is 16.2 Å². The molecule has 0 aromatic carbocycles. The Morgan fingerprint density at radius 2 is 2.24 bits per heavy atom. The van der Waals surface area contributed by atoms with Crippen molar-refractivity contribution >= 4 is 17.5 Å². The fourth-order valence-corrected chi connectivity index (χ4v) is 2.87. The smallest absolute Gasteiger partial charge is 0.450 e. The van der Waals surface area contributed by atoms with Crippen LogP contribution in [0.1, 0.15) is 30.9 Å². The van der Waals surface area contributed by atoms with Gasteiger partial charge in [-0.3, -0.25) is 4.57 Å². The van der Waals surface area contributed by atoms with E-state index in [1.54, 1.807) is 11.3 Å². The van der Waals surface area contributed by atoms with E-state index in [9.17, 15) is 0 Å². The van der Waals surface area contributed by atoms with E-state index in [-0.39, 0.29) is 0 Å². The van der Waals surface area contributed by atoms with Crippen molar-refractivity contribution in [3.05, 3.63) is 29.8 Å². The molecule has 3 rings (SSSR count). The van der Waals surface area contributed by atoms with Gasteiger partial charge in [-0.1, -0.05) is 0 Å². The predicted molar refractivity (Wildman–Crippen MR) is 79.0 cm³/mol. The van der Waals surface area contributed by atoms with Crippen LogP contribution in [0.2, 0.25) is 0 Å². The fraction of sp³-hybridized carbons (Fsp3) is 0.462. The van der Waals surface area contributed by atoms with Gasteiger partial charge >= 0.3 is 6.16 Å². The van der Waals surface area contributed by atoms with E-state index in [0.29, 0.717) is 5.92 Å². The van der Waals surface area contributed by atoms with E-state index in [1.165, 1.54) is 18.5 Å². The summed E-state index contributed by atoms with van der Waals surface area (Å²) in [5.41, 5.74) is 6.74. The molecule has 2 unspecified atom stereocenters. The summed E-state index contributed by atoms with van der Waals surface area (Å²) < 4.78 is 2.01. The summed E-state index contributed by atoms with van der Waals surface area (Å²) in [6.45, 7) is 0.802. The molecular weight excluding hydrogens is 292 g/mol. The van der Waals surface area contributed by atoms with Crippen LogP contribution in [0, 0.1) is 5.92 Å². The van der Waals surface area contributed by atoms with Gasteiger partial charge in [-0.05, 0) is 31.7 Å². The standard InChI is InChI=1S/C12H16N4S.CH2O3/c13-3-1-2-9-6-10(9)11-7-16(8-15-11)12-14-4-5-17-12;2-1(3)4/h4-5,7-10H,1-3,6,13H2;(H2,2,3,4). The van der Waals surface area contributed by atoms with E-state index in [1.807, 2.05) is 22.5 Å². The lowest BCUT2D eigenvalue weighted by Crippen LogP contribution is -1.98. The highest BCUT2D eigenvalue weighted by Crippen LogP contribution is 2.49. The number of rotatable bonds is 5. The van der Waals surface area contributed by atoms with Crippen LogP contribution >= 0.6 is 11.3 Å². The fourth-order valence-electron chi connectivity index (χ4n) is 2.29. The van der Waals surface area contributed by atoms with Crippen LogP contribution in [0.5, 0.6) is 0 Å². The first-order chi connectivity index (χ1) is 10.1. The molecule has 21 heavy (non-hydrogen) atoms. The first kappa shape index (κ1) is 15.5. The number of carbonyl (C=O) groups is 1. The summed E-state index contributed by atoms with van der Waals surface area (Å²) >= 11 is 1.63. The summed E-state index contributed by atoms with van der Waals surface area (Å²) in [6, 6.07) is 0. The molecule has 8 heteroatoms. The Hall–Kier alpha value is -1.93. The molecule has 0 radical (unpaired) electrons. The number of nitrogens with two attached hydrogens (primary N) is 1. The lowest BCUT2D eigenvalue weighted by molar-refractivity contribution is 0.137. The number of imidazole rings is 1. The number of aromatic nitrogens is 3. The van der Waals surface area contributed by atoms with Crippen molar-refractivity contribution in [3.63, 3.8) is 0 Å². The maximum atomic E-state index is 8.56. The highest BCUT2D eigenvalue weighted by Gasteiger charge is 2.39. The Bertz CT molecular complexity index is 566. The zero-order valence-corrected chi connectivity index (χ0v) is 12.2. The quantitative estimate of drug-likeness (QED) is 0.781. The van der Waals surface area contributed by atoms with Crippen molar-refractivity contribution in [1.82, 2.24) is 14.5 Å².